The molecule has 20 heavy (non-hydrogen) atoms. The number of likely N-dealkylation sites (tertiary alicyclic amines) is 1. The van der Waals surface area contributed by atoms with Crippen molar-refractivity contribution in [3.05, 3.63) is 34.9 Å². The summed E-state index contributed by atoms with van der Waals surface area (Å²) >= 11 is 6.07. The van der Waals surface area contributed by atoms with Gasteiger partial charge in [0.05, 0.1) is 0 Å². The fourth-order valence-corrected chi connectivity index (χ4v) is 2.89. The van der Waals surface area contributed by atoms with Gasteiger partial charge in [0.2, 0.25) is 0 Å². The first-order chi connectivity index (χ1) is 9.56. The molecule has 1 fully saturated rings. The highest BCUT2D eigenvalue weighted by molar-refractivity contribution is 6.30. The van der Waals surface area contributed by atoms with Crippen molar-refractivity contribution in [1.29, 1.82) is 0 Å². The summed E-state index contributed by atoms with van der Waals surface area (Å²) in [6.07, 6.45) is 2.27. The number of benzene rings is 1. The average Bonchev–Trinajstić information content (AvgIpc) is 2.45. The Morgan fingerprint density at radius 1 is 1.40 bits per heavy atom. The monoisotopic (exact) mass is 295 g/mol. The van der Waals surface area contributed by atoms with E-state index in [9.17, 15) is 0 Å². The second-order valence-electron chi connectivity index (χ2n) is 5.89. The number of hydrogen-bond donors (Lipinski definition) is 1. The number of halogens is 1. The Balaban J connectivity index is 1.80. The molecule has 2 N–H and O–H groups in total. The Hall–Kier alpha value is -0.610. The predicted molar refractivity (Wildman–Crippen MR) is 86.1 cm³/mol. The van der Waals surface area contributed by atoms with Crippen LogP contribution in [0.5, 0.6) is 0 Å². The van der Waals surface area contributed by atoms with Crippen LogP contribution in [-0.2, 0) is 0 Å². The number of nitrogens with two attached hydrogens (primary N) is 1. The van der Waals surface area contributed by atoms with Gasteiger partial charge in [-0.25, -0.2) is 0 Å². The van der Waals surface area contributed by atoms with Gasteiger partial charge in [-0.3, -0.25) is 4.90 Å². The van der Waals surface area contributed by atoms with E-state index in [1.165, 1.54) is 5.56 Å². The fraction of sp³-hybridized carbons (Fsp3) is 0.625. The number of hydrogen-bond acceptors (Lipinski definition) is 3. The average molecular weight is 296 g/mol. The van der Waals surface area contributed by atoms with Crippen LogP contribution in [0.2, 0.25) is 5.02 Å². The number of rotatable bonds is 5. The van der Waals surface area contributed by atoms with Crippen molar-refractivity contribution in [3.8, 4) is 0 Å². The Labute approximate surface area is 127 Å². The molecular weight excluding hydrogens is 270 g/mol. The van der Waals surface area contributed by atoms with Crippen LogP contribution in [0.15, 0.2) is 24.3 Å². The van der Waals surface area contributed by atoms with Gasteiger partial charge in [0, 0.05) is 30.2 Å². The molecule has 1 saturated heterocycles. The lowest BCUT2D eigenvalue weighted by molar-refractivity contribution is 0.169. The summed E-state index contributed by atoms with van der Waals surface area (Å²) in [6, 6.07) is 8.95. The Morgan fingerprint density at radius 2 is 2.10 bits per heavy atom. The summed E-state index contributed by atoms with van der Waals surface area (Å²) in [5.74, 6) is 0. The SMILES string of the molecule is CC(c1cccc(Cl)c1)N(C)CCN1CCC(N)CC1. The minimum atomic E-state index is 0.390. The van der Waals surface area contributed by atoms with Crippen molar-refractivity contribution in [2.24, 2.45) is 5.73 Å². The normalized spacial score (nSPS) is 19.4. The smallest absolute Gasteiger partial charge is 0.0409 e. The largest absolute Gasteiger partial charge is 0.328 e. The van der Waals surface area contributed by atoms with Crippen LogP contribution in [0.25, 0.3) is 0 Å². The van der Waals surface area contributed by atoms with E-state index in [2.05, 4.69) is 35.9 Å². The second kappa shape index (κ2) is 7.41. The van der Waals surface area contributed by atoms with Crippen molar-refractivity contribution in [1.82, 2.24) is 9.80 Å². The van der Waals surface area contributed by atoms with E-state index in [1.54, 1.807) is 0 Å². The van der Waals surface area contributed by atoms with Gasteiger partial charge < -0.3 is 10.6 Å². The van der Waals surface area contributed by atoms with Gasteiger partial charge in [-0.1, -0.05) is 23.7 Å². The molecule has 0 radical (unpaired) electrons. The number of piperidine rings is 1. The van der Waals surface area contributed by atoms with Gasteiger partial charge in [0.25, 0.3) is 0 Å². The molecule has 1 atom stereocenters. The summed E-state index contributed by atoms with van der Waals surface area (Å²) < 4.78 is 0. The zero-order valence-corrected chi connectivity index (χ0v) is 13.3. The van der Waals surface area contributed by atoms with Crippen LogP contribution in [0.4, 0.5) is 0 Å². The summed E-state index contributed by atoms with van der Waals surface area (Å²) in [4.78, 5) is 4.91. The van der Waals surface area contributed by atoms with Crippen molar-refractivity contribution >= 4 is 11.6 Å². The summed E-state index contributed by atoms with van der Waals surface area (Å²) in [5, 5.41) is 0.813. The molecule has 0 amide bonds. The third kappa shape index (κ3) is 4.45. The predicted octanol–water partition coefficient (Wildman–Crippen LogP) is 2.76. The molecule has 1 heterocycles. The Bertz CT molecular complexity index is 416. The number of nitrogens with zero attached hydrogens (tertiary/aromatic N) is 2. The maximum Gasteiger partial charge on any atom is 0.0409 e. The van der Waals surface area contributed by atoms with E-state index >= 15 is 0 Å². The van der Waals surface area contributed by atoms with Gasteiger partial charge in [-0.2, -0.15) is 0 Å². The topological polar surface area (TPSA) is 32.5 Å². The standard InChI is InChI=1S/C16H26ClN3/c1-13(14-4-3-5-15(17)12-14)19(2)10-11-20-8-6-16(18)7-9-20/h3-5,12-13,16H,6-11,18H2,1-2H3. The Kier molecular flexibility index (Phi) is 5.85. The van der Waals surface area contributed by atoms with E-state index in [1.807, 2.05) is 12.1 Å². The first kappa shape index (κ1) is 15.8. The van der Waals surface area contributed by atoms with E-state index in [0.717, 1.165) is 44.0 Å². The van der Waals surface area contributed by atoms with Crippen molar-refractivity contribution in [2.75, 3.05) is 33.2 Å². The third-order valence-corrected chi connectivity index (χ3v) is 4.63. The van der Waals surface area contributed by atoms with E-state index in [4.69, 9.17) is 17.3 Å². The summed E-state index contributed by atoms with van der Waals surface area (Å²) in [5.41, 5.74) is 7.22. The van der Waals surface area contributed by atoms with E-state index < -0.39 is 0 Å². The molecule has 0 saturated carbocycles. The Morgan fingerprint density at radius 3 is 2.75 bits per heavy atom. The first-order valence-corrected chi connectivity index (χ1v) is 7.87. The molecule has 0 aromatic heterocycles. The van der Waals surface area contributed by atoms with Gasteiger partial charge in [-0.05, 0) is 57.6 Å². The van der Waals surface area contributed by atoms with Crippen LogP contribution in [-0.4, -0.2) is 49.1 Å². The summed E-state index contributed by atoms with van der Waals surface area (Å²) in [7, 11) is 2.18. The quantitative estimate of drug-likeness (QED) is 0.906. The van der Waals surface area contributed by atoms with Crippen LogP contribution in [0.3, 0.4) is 0 Å². The lowest BCUT2D eigenvalue weighted by Crippen LogP contribution is -2.42. The highest BCUT2D eigenvalue weighted by Gasteiger charge is 2.17. The fourth-order valence-electron chi connectivity index (χ4n) is 2.69. The molecule has 1 aliphatic rings. The van der Waals surface area contributed by atoms with Gasteiger partial charge in [0.1, 0.15) is 0 Å². The lowest BCUT2D eigenvalue weighted by Gasteiger charge is -2.33. The molecule has 0 bridgehead atoms. The number of likely N-dealkylation sites (N-methyl/N-ethyl adjacent to an activating group) is 1. The molecule has 112 valence electrons. The molecule has 4 heteroatoms. The molecule has 2 rings (SSSR count). The second-order valence-corrected chi connectivity index (χ2v) is 6.33. The van der Waals surface area contributed by atoms with Gasteiger partial charge >= 0.3 is 0 Å². The van der Waals surface area contributed by atoms with E-state index in [0.29, 0.717) is 12.1 Å². The van der Waals surface area contributed by atoms with Crippen molar-refractivity contribution in [3.63, 3.8) is 0 Å². The zero-order valence-electron chi connectivity index (χ0n) is 12.6. The molecule has 1 aliphatic heterocycles. The van der Waals surface area contributed by atoms with Crippen LogP contribution in [0.1, 0.15) is 31.4 Å². The molecule has 1 aromatic rings. The van der Waals surface area contributed by atoms with Gasteiger partial charge in [-0.15, -0.1) is 0 Å². The molecule has 1 unspecified atom stereocenters. The summed E-state index contributed by atoms with van der Waals surface area (Å²) in [6.45, 7) is 6.70. The highest BCUT2D eigenvalue weighted by Crippen LogP contribution is 2.21. The molecule has 3 nitrogen and oxygen atoms in total. The first-order valence-electron chi connectivity index (χ1n) is 7.50. The van der Waals surface area contributed by atoms with Gasteiger partial charge in [0.15, 0.2) is 0 Å². The van der Waals surface area contributed by atoms with Crippen molar-refractivity contribution in [2.45, 2.75) is 31.8 Å². The minimum Gasteiger partial charge on any atom is -0.328 e. The van der Waals surface area contributed by atoms with E-state index in [-0.39, 0.29) is 0 Å². The maximum absolute atomic E-state index is 6.07. The lowest BCUT2D eigenvalue weighted by atomic mass is 10.1. The zero-order chi connectivity index (χ0) is 14.5. The third-order valence-electron chi connectivity index (χ3n) is 4.39. The van der Waals surface area contributed by atoms with Crippen LogP contribution in [0, 0.1) is 0 Å². The highest BCUT2D eigenvalue weighted by atomic mass is 35.5. The molecule has 0 spiro atoms. The van der Waals surface area contributed by atoms with Crippen LogP contribution >= 0.6 is 11.6 Å². The maximum atomic E-state index is 6.07. The molecular formula is C16H26ClN3. The molecule has 0 aliphatic carbocycles. The van der Waals surface area contributed by atoms with Crippen LogP contribution < -0.4 is 5.73 Å². The molecule has 1 aromatic carbocycles. The minimum absolute atomic E-state index is 0.390. The van der Waals surface area contributed by atoms with Crippen molar-refractivity contribution < 1.29 is 0 Å².